The van der Waals surface area contributed by atoms with Crippen LogP contribution in [-0.4, -0.2) is 23.2 Å². The van der Waals surface area contributed by atoms with Crippen molar-refractivity contribution in [1.82, 2.24) is 0 Å². The maximum absolute atomic E-state index is 13.1. The highest BCUT2D eigenvalue weighted by Gasteiger charge is 2.18. The zero-order chi connectivity index (χ0) is 12.3. The van der Waals surface area contributed by atoms with Crippen LogP contribution in [0.2, 0.25) is 0 Å². The third-order valence-corrected chi connectivity index (χ3v) is 4.42. The van der Waals surface area contributed by atoms with E-state index in [2.05, 4.69) is 0 Å². The number of nitrogen functional groups attached to an aromatic ring is 1. The van der Waals surface area contributed by atoms with E-state index in [1.165, 1.54) is 12.1 Å². The summed E-state index contributed by atoms with van der Waals surface area (Å²) in [6, 6.07) is 4.11. The molecule has 0 radical (unpaired) electrons. The van der Waals surface area contributed by atoms with E-state index >= 15 is 0 Å². The number of rotatable bonds is 3. The van der Waals surface area contributed by atoms with Crippen LogP contribution in [0.3, 0.4) is 0 Å². The quantitative estimate of drug-likeness (QED) is 0.842. The fourth-order valence-electron chi connectivity index (χ4n) is 1.94. The first-order valence-electron chi connectivity index (χ1n) is 5.67. The lowest BCUT2D eigenvalue weighted by molar-refractivity contribution is 0.0725. The van der Waals surface area contributed by atoms with Crippen molar-refractivity contribution in [3.05, 3.63) is 24.0 Å². The van der Waals surface area contributed by atoms with E-state index in [1.807, 2.05) is 0 Å². The van der Waals surface area contributed by atoms with Crippen LogP contribution >= 0.6 is 0 Å². The van der Waals surface area contributed by atoms with Crippen molar-refractivity contribution in [2.75, 3.05) is 24.7 Å². The van der Waals surface area contributed by atoms with Crippen molar-refractivity contribution in [3.63, 3.8) is 0 Å². The van der Waals surface area contributed by atoms with Gasteiger partial charge in [0.05, 0.1) is 10.8 Å². The van der Waals surface area contributed by atoms with Crippen LogP contribution < -0.4 is 5.73 Å². The van der Waals surface area contributed by atoms with Gasteiger partial charge in [0, 0.05) is 29.5 Å². The SMILES string of the molecule is Nc1cc(F)cc(S(=O)CC2CCOCC2)c1. The van der Waals surface area contributed by atoms with E-state index in [-0.39, 0.29) is 0 Å². The summed E-state index contributed by atoms with van der Waals surface area (Å²) in [7, 11) is -1.18. The molecule has 1 saturated heterocycles. The molecule has 0 amide bonds. The summed E-state index contributed by atoms with van der Waals surface area (Å²) in [6.07, 6.45) is 1.85. The molecule has 1 atom stereocenters. The fourth-order valence-corrected chi connectivity index (χ4v) is 3.40. The Balaban J connectivity index is 2.03. The molecular weight excluding hydrogens is 241 g/mol. The number of nitrogens with two attached hydrogens (primary N) is 1. The van der Waals surface area contributed by atoms with E-state index in [0.29, 0.717) is 22.3 Å². The summed E-state index contributed by atoms with van der Waals surface area (Å²) in [5.74, 6) is 0.529. The first-order valence-corrected chi connectivity index (χ1v) is 6.99. The number of hydrogen-bond donors (Lipinski definition) is 1. The Morgan fingerprint density at radius 3 is 2.71 bits per heavy atom. The molecule has 2 rings (SSSR count). The van der Waals surface area contributed by atoms with Crippen LogP contribution in [0.4, 0.5) is 10.1 Å². The Bertz CT molecular complexity index is 399. The van der Waals surface area contributed by atoms with E-state index in [9.17, 15) is 8.60 Å². The van der Waals surface area contributed by atoms with Crippen LogP contribution in [0.15, 0.2) is 23.1 Å². The van der Waals surface area contributed by atoms with Gasteiger partial charge in [0.1, 0.15) is 5.82 Å². The topological polar surface area (TPSA) is 52.3 Å². The van der Waals surface area contributed by atoms with Crippen LogP contribution in [0, 0.1) is 11.7 Å². The lowest BCUT2D eigenvalue weighted by Gasteiger charge is -2.21. The fraction of sp³-hybridized carbons (Fsp3) is 0.500. The summed E-state index contributed by atoms with van der Waals surface area (Å²) < 4.78 is 30.4. The molecule has 3 nitrogen and oxygen atoms in total. The lowest BCUT2D eigenvalue weighted by atomic mass is 10.0. The molecule has 1 aliphatic rings. The average molecular weight is 257 g/mol. The van der Waals surface area contributed by atoms with Gasteiger partial charge in [0.2, 0.25) is 0 Å². The van der Waals surface area contributed by atoms with Gasteiger partial charge in [-0.3, -0.25) is 4.21 Å². The van der Waals surface area contributed by atoms with Gasteiger partial charge in [-0.15, -0.1) is 0 Å². The normalized spacial score (nSPS) is 19.1. The van der Waals surface area contributed by atoms with Crippen molar-refractivity contribution in [2.45, 2.75) is 17.7 Å². The second kappa shape index (κ2) is 5.60. The van der Waals surface area contributed by atoms with Gasteiger partial charge in [-0.1, -0.05) is 0 Å². The van der Waals surface area contributed by atoms with Crippen molar-refractivity contribution in [3.8, 4) is 0 Å². The van der Waals surface area contributed by atoms with Crippen molar-refractivity contribution in [1.29, 1.82) is 0 Å². The highest BCUT2D eigenvalue weighted by Crippen LogP contribution is 2.20. The molecular formula is C12H16FNO2S. The predicted molar refractivity (Wildman–Crippen MR) is 65.6 cm³/mol. The van der Waals surface area contributed by atoms with Crippen LogP contribution in [-0.2, 0) is 15.5 Å². The van der Waals surface area contributed by atoms with Gasteiger partial charge in [0.25, 0.3) is 0 Å². The molecule has 1 fully saturated rings. The maximum Gasteiger partial charge on any atom is 0.126 e. The van der Waals surface area contributed by atoms with Crippen LogP contribution in [0.5, 0.6) is 0 Å². The molecule has 1 aromatic rings. The first kappa shape index (κ1) is 12.5. The molecule has 0 bridgehead atoms. The van der Waals surface area contributed by atoms with Gasteiger partial charge in [0.15, 0.2) is 0 Å². The molecule has 0 spiro atoms. The van der Waals surface area contributed by atoms with Crippen molar-refractivity contribution in [2.24, 2.45) is 5.92 Å². The largest absolute Gasteiger partial charge is 0.399 e. The second-order valence-corrected chi connectivity index (χ2v) is 5.78. The summed E-state index contributed by atoms with van der Waals surface area (Å²) in [6.45, 7) is 1.46. The lowest BCUT2D eigenvalue weighted by Crippen LogP contribution is -2.21. The zero-order valence-electron chi connectivity index (χ0n) is 9.52. The molecule has 2 N–H and O–H groups in total. The predicted octanol–water partition coefficient (Wildman–Crippen LogP) is 1.94. The molecule has 0 aromatic heterocycles. The Hall–Kier alpha value is -0.940. The Kier molecular flexibility index (Phi) is 4.12. The maximum atomic E-state index is 13.1. The van der Waals surface area contributed by atoms with Gasteiger partial charge >= 0.3 is 0 Å². The van der Waals surface area contributed by atoms with E-state index in [1.54, 1.807) is 6.07 Å². The number of halogens is 1. The molecule has 5 heteroatoms. The number of benzene rings is 1. The number of ether oxygens (including phenoxy) is 1. The molecule has 1 unspecified atom stereocenters. The molecule has 94 valence electrons. The number of anilines is 1. The third-order valence-electron chi connectivity index (χ3n) is 2.88. The smallest absolute Gasteiger partial charge is 0.126 e. The van der Waals surface area contributed by atoms with E-state index < -0.39 is 16.6 Å². The average Bonchev–Trinajstić information content (AvgIpc) is 2.29. The third kappa shape index (κ3) is 3.51. The molecule has 0 aliphatic carbocycles. The highest BCUT2D eigenvalue weighted by molar-refractivity contribution is 7.85. The zero-order valence-corrected chi connectivity index (χ0v) is 10.3. The molecule has 0 saturated carbocycles. The van der Waals surface area contributed by atoms with Gasteiger partial charge < -0.3 is 10.5 Å². The van der Waals surface area contributed by atoms with Crippen LogP contribution in [0.1, 0.15) is 12.8 Å². The summed E-state index contributed by atoms with van der Waals surface area (Å²) in [4.78, 5) is 0.481. The molecule has 1 aliphatic heterocycles. The Labute approximate surface area is 103 Å². The van der Waals surface area contributed by atoms with Gasteiger partial charge in [-0.05, 0) is 37.0 Å². The standard InChI is InChI=1S/C12H16FNO2S/c13-10-5-11(14)7-12(6-10)17(15)8-9-1-3-16-4-2-9/h5-7,9H,1-4,8,14H2. The molecule has 1 aromatic carbocycles. The summed E-state index contributed by atoms with van der Waals surface area (Å²) in [5, 5.41) is 0. The van der Waals surface area contributed by atoms with Crippen LogP contribution in [0.25, 0.3) is 0 Å². The summed E-state index contributed by atoms with van der Waals surface area (Å²) >= 11 is 0. The van der Waals surface area contributed by atoms with Gasteiger partial charge in [-0.25, -0.2) is 4.39 Å². The van der Waals surface area contributed by atoms with Crippen molar-refractivity contribution >= 4 is 16.5 Å². The minimum Gasteiger partial charge on any atom is -0.399 e. The highest BCUT2D eigenvalue weighted by atomic mass is 32.2. The number of hydrogen-bond acceptors (Lipinski definition) is 3. The Morgan fingerprint density at radius 1 is 1.35 bits per heavy atom. The minimum atomic E-state index is -1.18. The first-order chi connectivity index (χ1) is 8.15. The van der Waals surface area contributed by atoms with Crippen molar-refractivity contribution < 1.29 is 13.3 Å². The van der Waals surface area contributed by atoms with Gasteiger partial charge in [-0.2, -0.15) is 0 Å². The van der Waals surface area contributed by atoms with E-state index in [0.717, 1.165) is 26.1 Å². The summed E-state index contributed by atoms with van der Waals surface area (Å²) in [5.41, 5.74) is 5.86. The Morgan fingerprint density at radius 2 is 2.06 bits per heavy atom. The van der Waals surface area contributed by atoms with E-state index in [4.69, 9.17) is 10.5 Å². The minimum absolute atomic E-state index is 0.320. The molecule has 17 heavy (non-hydrogen) atoms. The monoisotopic (exact) mass is 257 g/mol. The molecule has 1 heterocycles. The second-order valence-electron chi connectivity index (χ2n) is 4.29.